The Balaban J connectivity index is 1.86. The third kappa shape index (κ3) is 2.95. The standard InChI is InChI=1S/C16H16ClN3O/c17-12-6-1-2-7-13(12)19-16(21)20-11-5-10-18-14-8-3-4-9-15(14)20/h1-4,6-9,18H,5,10-11H2,(H,19,21). The van der Waals surface area contributed by atoms with Crippen molar-refractivity contribution in [3.05, 3.63) is 53.6 Å². The third-order valence-corrected chi connectivity index (χ3v) is 3.76. The van der Waals surface area contributed by atoms with Gasteiger partial charge < -0.3 is 10.6 Å². The predicted octanol–water partition coefficient (Wildman–Crippen LogP) is 4.19. The van der Waals surface area contributed by atoms with E-state index in [1.165, 1.54) is 0 Å². The van der Waals surface area contributed by atoms with Crippen molar-refractivity contribution < 1.29 is 4.79 Å². The van der Waals surface area contributed by atoms with Gasteiger partial charge in [-0.15, -0.1) is 0 Å². The van der Waals surface area contributed by atoms with Crippen LogP contribution < -0.4 is 15.5 Å². The lowest BCUT2D eigenvalue weighted by atomic mass is 10.2. The van der Waals surface area contributed by atoms with Crippen LogP contribution >= 0.6 is 11.6 Å². The molecule has 0 bridgehead atoms. The SMILES string of the molecule is O=C(Nc1ccccc1Cl)N1CCCNc2ccccc21. The topological polar surface area (TPSA) is 44.4 Å². The Hall–Kier alpha value is -2.20. The lowest BCUT2D eigenvalue weighted by Gasteiger charge is -2.23. The van der Waals surface area contributed by atoms with E-state index in [4.69, 9.17) is 11.6 Å². The maximum Gasteiger partial charge on any atom is 0.326 e. The Morgan fingerprint density at radius 3 is 2.76 bits per heavy atom. The highest BCUT2D eigenvalue weighted by Crippen LogP contribution is 2.29. The number of hydrogen-bond acceptors (Lipinski definition) is 2. The second-order valence-electron chi connectivity index (χ2n) is 4.86. The zero-order chi connectivity index (χ0) is 14.7. The molecule has 2 aromatic carbocycles. The van der Waals surface area contributed by atoms with Crippen LogP contribution in [0.2, 0.25) is 5.02 Å². The number of para-hydroxylation sites is 3. The summed E-state index contributed by atoms with van der Waals surface area (Å²) in [6, 6.07) is 14.9. The number of fused-ring (bicyclic) bond motifs is 1. The smallest absolute Gasteiger partial charge is 0.326 e. The minimum atomic E-state index is -0.167. The lowest BCUT2D eigenvalue weighted by Crippen LogP contribution is -2.35. The normalized spacial score (nSPS) is 13.9. The number of halogens is 1. The molecule has 2 N–H and O–H groups in total. The van der Waals surface area contributed by atoms with Gasteiger partial charge in [0.15, 0.2) is 0 Å². The van der Waals surface area contributed by atoms with E-state index in [2.05, 4.69) is 10.6 Å². The molecule has 0 aliphatic carbocycles. The fourth-order valence-corrected chi connectivity index (χ4v) is 2.58. The highest BCUT2D eigenvalue weighted by Gasteiger charge is 2.21. The van der Waals surface area contributed by atoms with Crippen LogP contribution in [0.25, 0.3) is 0 Å². The molecule has 0 atom stereocenters. The van der Waals surface area contributed by atoms with Crippen LogP contribution in [0.4, 0.5) is 21.9 Å². The first-order valence-corrected chi connectivity index (χ1v) is 7.29. The number of nitrogens with one attached hydrogen (secondary N) is 2. The molecule has 0 fully saturated rings. The molecule has 0 aromatic heterocycles. The first-order valence-electron chi connectivity index (χ1n) is 6.91. The van der Waals surface area contributed by atoms with E-state index >= 15 is 0 Å². The fourth-order valence-electron chi connectivity index (χ4n) is 2.40. The number of urea groups is 1. The molecule has 0 spiro atoms. The Morgan fingerprint density at radius 2 is 1.90 bits per heavy atom. The van der Waals surface area contributed by atoms with Gasteiger partial charge in [-0.2, -0.15) is 0 Å². The van der Waals surface area contributed by atoms with Gasteiger partial charge in [0.05, 0.1) is 22.1 Å². The minimum absolute atomic E-state index is 0.167. The van der Waals surface area contributed by atoms with Gasteiger partial charge in [-0.3, -0.25) is 4.90 Å². The molecule has 1 aliphatic heterocycles. The predicted molar refractivity (Wildman–Crippen MR) is 87.4 cm³/mol. The van der Waals surface area contributed by atoms with Crippen molar-refractivity contribution in [2.24, 2.45) is 0 Å². The van der Waals surface area contributed by atoms with E-state index in [0.717, 1.165) is 24.3 Å². The molecular formula is C16H16ClN3O. The quantitative estimate of drug-likeness (QED) is 0.829. The monoisotopic (exact) mass is 301 g/mol. The summed E-state index contributed by atoms with van der Waals surface area (Å²) in [5, 5.41) is 6.75. The van der Waals surface area contributed by atoms with E-state index in [9.17, 15) is 4.79 Å². The highest BCUT2D eigenvalue weighted by molar-refractivity contribution is 6.33. The molecule has 0 radical (unpaired) electrons. The van der Waals surface area contributed by atoms with E-state index in [0.29, 0.717) is 17.3 Å². The van der Waals surface area contributed by atoms with Gasteiger partial charge in [-0.1, -0.05) is 35.9 Å². The van der Waals surface area contributed by atoms with E-state index in [-0.39, 0.29) is 6.03 Å². The molecule has 0 saturated carbocycles. The molecule has 0 saturated heterocycles. The molecule has 108 valence electrons. The summed E-state index contributed by atoms with van der Waals surface area (Å²) in [6.07, 6.45) is 0.893. The summed E-state index contributed by atoms with van der Waals surface area (Å²) >= 11 is 6.09. The number of carbonyl (C=O) groups excluding carboxylic acids is 1. The van der Waals surface area contributed by atoms with Crippen LogP contribution in [0.5, 0.6) is 0 Å². The molecule has 5 heteroatoms. The van der Waals surface area contributed by atoms with Gasteiger partial charge in [0.2, 0.25) is 0 Å². The Bertz CT molecular complexity index is 659. The summed E-state index contributed by atoms with van der Waals surface area (Å²) in [5.41, 5.74) is 2.49. The van der Waals surface area contributed by atoms with Crippen LogP contribution in [-0.2, 0) is 0 Å². The highest BCUT2D eigenvalue weighted by atomic mass is 35.5. The number of amides is 2. The maximum atomic E-state index is 12.6. The molecule has 2 aromatic rings. The zero-order valence-corrected chi connectivity index (χ0v) is 12.2. The Morgan fingerprint density at radius 1 is 1.14 bits per heavy atom. The van der Waals surface area contributed by atoms with Crippen LogP contribution in [0.1, 0.15) is 6.42 Å². The molecule has 3 rings (SSSR count). The van der Waals surface area contributed by atoms with Crippen molar-refractivity contribution in [1.82, 2.24) is 0 Å². The fraction of sp³-hybridized carbons (Fsp3) is 0.188. The lowest BCUT2D eigenvalue weighted by molar-refractivity contribution is 0.257. The zero-order valence-electron chi connectivity index (χ0n) is 11.5. The number of anilines is 3. The number of benzene rings is 2. The van der Waals surface area contributed by atoms with Crippen LogP contribution in [0, 0.1) is 0 Å². The van der Waals surface area contributed by atoms with Crippen molar-refractivity contribution in [2.75, 3.05) is 28.6 Å². The first kappa shape index (κ1) is 13.8. The van der Waals surface area contributed by atoms with E-state index in [1.807, 2.05) is 36.4 Å². The summed E-state index contributed by atoms with van der Waals surface area (Å²) in [5.74, 6) is 0. The van der Waals surface area contributed by atoms with Crippen LogP contribution in [-0.4, -0.2) is 19.1 Å². The van der Waals surface area contributed by atoms with Crippen LogP contribution in [0.15, 0.2) is 48.5 Å². The Kier molecular flexibility index (Phi) is 3.97. The Labute approximate surface area is 128 Å². The van der Waals surface area contributed by atoms with E-state index < -0.39 is 0 Å². The molecule has 1 aliphatic rings. The van der Waals surface area contributed by atoms with Crippen molar-refractivity contribution in [3.8, 4) is 0 Å². The number of hydrogen-bond donors (Lipinski definition) is 2. The van der Waals surface area contributed by atoms with Gasteiger partial charge in [0.25, 0.3) is 0 Å². The van der Waals surface area contributed by atoms with Crippen LogP contribution in [0.3, 0.4) is 0 Å². The summed E-state index contributed by atoms with van der Waals surface area (Å²) in [4.78, 5) is 14.3. The maximum absolute atomic E-state index is 12.6. The second-order valence-corrected chi connectivity index (χ2v) is 5.27. The number of rotatable bonds is 1. The average Bonchev–Trinajstić information content (AvgIpc) is 2.72. The van der Waals surface area contributed by atoms with Gasteiger partial charge in [0, 0.05) is 13.1 Å². The van der Waals surface area contributed by atoms with E-state index in [1.54, 1.807) is 17.0 Å². The average molecular weight is 302 g/mol. The van der Waals surface area contributed by atoms with Crippen molar-refractivity contribution >= 4 is 34.7 Å². The summed E-state index contributed by atoms with van der Waals surface area (Å²) < 4.78 is 0. The van der Waals surface area contributed by atoms with Crippen molar-refractivity contribution in [1.29, 1.82) is 0 Å². The third-order valence-electron chi connectivity index (χ3n) is 3.43. The molecule has 21 heavy (non-hydrogen) atoms. The number of nitrogens with zero attached hydrogens (tertiary/aromatic N) is 1. The summed E-state index contributed by atoms with van der Waals surface area (Å²) in [7, 11) is 0. The minimum Gasteiger partial charge on any atom is -0.383 e. The first-order chi connectivity index (χ1) is 10.3. The molecule has 2 amide bonds. The van der Waals surface area contributed by atoms with Gasteiger partial charge in [-0.05, 0) is 30.7 Å². The van der Waals surface area contributed by atoms with Crippen molar-refractivity contribution in [2.45, 2.75) is 6.42 Å². The molecular weight excluding hydrogens is 286 g/mol. The van der Waals surface area contributed by atoms with Gasteiger partial charge in [-0.25, -0.2) is 4.79 Å². The molecule has 4 nitrogen and oxygen atoms in total. The van der Waals surface area contributed by atoms with Crippen molar-refractivity contribution in [3.63, 3.8) is 0 Å². The largest absolute Gasteiger partial charge is 0.383 e. The molecule has 1 heterocycles. The van der Waals surface area contributed by atoms with Gasteiger partial charge in [0.1, 0.15) is 0 Å². The molecule has 0 unspecified atom stereocenters. The second kappa shape index (κ2) is 6.06. The van der Waals surface area contributed by atoms with Gasteiger partial charge >= 0.3 is 6.03 Å². The number of carbonyl (C=O) groups is 1. The summed E-state index contributed by atoms with van der Waals surface area (Å²) in [6.45, 7) is 1.52.